The smallest absolute Gasteiger partial charge is 0.259 e. The van der Waals surface area contributed by atoms with Crippen LogP contribution in [0.3, 0.4) is 0 Å². The number of hydrogen-bond donors (Lipinski definition) is 3. The van der Waals surface area contributed by atoms with Gasteiger partial charge in [0.25, 0.3) is 5.56 Å². The van der Waals surface area contributed by atoms with Gasteiger partial charge < -0.3 is 15.6 Å². The van der Waals surface area contributed by atoms with Crippen molar-refractivity contribution in [2.24, 2.45) is 0 Å². The number of aromatic nitrogens is 4. The number of nitrogens with zero attached hydrogens (tertiary/aromatic N) is 3. The Bertz CT molecular complexity index is 917. The van der Waals surface area contributed by atoms with Gasteiger partial charge in [-0.15, -0.1) is 0 Å². The summed E-state index contributed by atoms with van der Waals surface area (Å²) < 4.78 is 0. The van der Waals surface area contributed by atoms with Crippen LogP contribution in [-0.4, -0.2) is 25.5 Å². The number of nitrogens with one attached hydrogen (secondary N) is 3. The molecule has 1 fully saturated rings. The molecule has 3 N–H and O–H groups in total. The van der Waals surface area contributed by atoms with E-state index in [4.69, 9.17) is 0 Å². The Morgan fingerprint density at radius 3 is 2.87 bits per heavy atom. The predicted molar refractivity (Wildman–Crippen MR) is 88.9 cm³/mol. The topological polar surface area (TPSA) is 95.6 Å². The van der Waals surface area contributed by atoms with E-state index in [-0.39, 0.29) is 11.1 Å². The first kappa shape index (κ1) is 13.7. The molecule has 1 aliphatic rings. The van der Waals surface area contributed by atoms with Gasteiger partial charge in [0.1, 0.15) is 17.5 Å². The third-order valence-corrected chi connectivity index (χ3v) is 3.99. The molecule has 0 bridgehead atoms. The third-order valence-electron chi connectivity index (χ3n) is 3.99. The first-order valence-corrected chi connectivity index (χ1v) is 7.47. The van der Waals surface area contributed by atoms with E-state index >= 15 is 0 Å². The summed E-state index contributed by atoms with van der Waals surface area (Å²) in [5, 5.41) is 7.92. The Labute approximate surface area is 132 Å². The van der Waals surface area contributed by atoms with Gasteiger partial charge in [-0.1, -0.05) is 0 Å². The summed E-state index contributed by atoms with van der Waals surface area (Å²) in [6.07, 6.45) is 8.63. The van der Waals surface area contributed by atoms with E-state index in [1.807, 2.05) is 12.1 Å². The summed E-state index contributed by atoms with van der Waals surface area (Å²) in [6, 6.07) is 3.69. The van der Waals surface area contributed by atoms with Gasteiger partial charge in [0.2, 0.25) is 0 Å². The summed E-state index contributed by atoms with van der Waals surface area (Å²) in [4.78, 5) is 27.7. The fourth-order valence-corrected chi connectivity index (χ4v) is 2.46. The highest BCUT2D eigenvalue weighted by Gasteiger charge is 2.38. The second-order valence-electron chi connectivity index (χ2n) is 6.03. The lowest BCUT2D eigenvalue weighted by Crippen LogP contribution is -2.20. The molecule has 3 heterocycles. The van der Waals surface area contributed by atoms with Crippen LogP contribution in [0.4, 0.5) is 17.5 Å². The van der Waals surface area contributed by atoms with E-state index in [2.05, 4.69) is 37.5 Å². The molecule has 7 heteroatoms. The van der Waals surface area contributed by atoms with Crippen LogP contribution in [-0.2, 0) is 0 Å². The maximum atomic E-state index is 12.2. The number of fused-ring (bicyclic) bond motifs is 1. The monoisotopic (exact) mass is 308 g/mol. The molecule has 0 saturated heterocycles. The second-order valence-corrected chi connectivity index (χ2v) is 6.03. The van der Waals surface area contributed by atoms with Crippen molar-refractivity contribution in [3.05, 3.63) is 47.3 Å². The van der Waals surface area contributed by atoms with Crippen LogP contribution in [0.2, 0.25) is 0 Å². The molecule has 0 aromatic carbocycles. The van der Waals surface area contributed by atoms with E-state index in [1.54, 1.807) is 24.8 Å². The summed E-state index contributed by atoms with van der Waals surface area (Å²) in [6.45, 7) is 2.13. The second kappa shape index (κ2) is 5.05. The first-order valence-electron chi connectivity index (χ1n) is 7.47. The van der Waals surface area contributed by atoms with Crippen LogP contribution >= 0.6 is 0 Å². The molecule has 1 saturated carbocycles. The van der Waals surface area contributed by atoms with E-state index in [0.29, 0.717) is 22.8 Å². The molecular weight excluding hydrogens is 292 g/mol. The number of H-pyrrole nitrogens is 1. The summed E-state index contributed by atoms with van der Waals surface area (Å²) in [5.41, 5.74) is -0.124. The highest BCUT2D eigenvalue weighted by Crippen LogP contribution is 2.39. The molecule has 0 atom stereocenters. The number of anilines is 3. The fourth-order valence-electron chi connectivity index (χ4n) is 2.46. The van der Waals surface area contributed by atoms with Crippen LogP contribution in [0.15, 0.2) is 41.7 Å². The summed E-state index contributed by atoms with van der Waals surface area (Å²) in [5.74, 6) is 1.82. The molecule has 0 radical (unpaired) electrons. The zero-order valence-corrected chi connectivity index (χ0v) is 12.6. The predicted octanol–water partition coefficient (Wildman–Crippen LogP) is 2.42. The molecule has 7 nitrogen and oxygen atoms in total. The largest absolute Gasteiger partial charge is 0.364 e. The maximum Gasteiger partial charge on any atom is 0.259 e. The number of aromatic amines is 1. The summed E-state index contributed by atoms with van der Waals surface area (Å²) in [7, 11) is 0. The van der Waals surface area contributed by atoms with Gasteiger partial charge in [0.15, 0.2) is 0 Å². The molecule has 1 aliphatic carbocycles. The minimum absolute atomic E-state index is 0.0212. The third kappa shape index (κ3) is 2.73. The standard InChI is InChI=1S/C16H16N6O/c1-16(3-4-16)22-14-13-10(2-5-19-15(13)23)8-11(21-14)20-12-9-17-6-7-18-12/h2,5-9H,3-4H2,1H3,(H,19,23)(H2,18,20,21,22). The van der Waals surface area contributed by atoms with E-state index in [0.717, 1.165) is 18.2 Å². The molecule has 3 aromatic heterocycles. The SMILES string of the molecule is CC1(Nc2nc(Nc3cnccn3)cc3cc[nH]c(=O)c23)CC1. The van der Waals surface area contributed by atoms with Crippen molar-refractivity contribution in [1.82, 2.24) is 19.9 Å². The highest BCUT2D eigenvalue weighted by atomic mass is 16.1. The molecular formula is C16H16N6O. The van der Waals surface area contributed by atoms with Crippen molar-refractivity contribution < 1.29 is 0 Å². The Balaban J connectivity index is 1.81. The number of hydrogen-bond acceptors (Lipinski definition) is 6. The average molecular weight is 308 g/mol. The number of rotatable bonds is 4. The van der Waals surface area contributed by atoms with E-state index in [9.17, 15) is 4.79 Å². The van der Waals surface area contributed by atoms with Crippen molar-refractivity contribution in [2.45, 2.75) is 25.3 Å². The fraction of sp³-hybridized carbons (Fsp3) is 0.250. The van der Waals surface area contributed by atoms with Crippen LogP contribution < -0.4 is 16.2 Å². The van der Waals surface area contributed by atoms with Crippen LogP contribution in [0, 0.1) is 0 Å². The molecule has 23 heavy (non-hydrogen) atoms. The highest BCUT2D eigenvalue weighted by molar-refractivity contribution is 5.93. The minimum Gasteiger partial charge on any atom is -0.364 e. The zero-order valence-electron chi connectivity index (χ0n) is 12.6. The Hall–Kier alpha value is -2.96. The molecule has 0 spiro atoms. The Morgan fingerprint density at radius 2 is 2.13 bits per heavy atom. The molecule has 4 rings (SSSR count). The lowest BCUT2D eigenvalue weighted by atomic mass is 10.2. The van der Waals surface area contributed by atoms with E-state index in [1.165, 1.54) is 0 Å². The molecule has 116 valence electrons. The first-order chi connectivity index (χ1) is 11.1. The van der Waals surface area contributed by atoms with Crippen molar-refractivity contribution >= 4 is 28.2 Å². The van der Waals surface area contributed by atoms with E-state index < -0.39 is 0 Å². The number of pyridine rings is 2. The average Bonchev–Trinajstić information content (AvgIpc) is 3.25. The molecule has 0 amide bonds. The lowest BCUT2D eigenvalue weighted by molar-refractivity contribution is 0.823. The molecule has 0 aliphatic heterocycles. The Morgan fingerprint density at radius 1 is 1.26 bits per heavy atom. The molecule has 3 aromatic rings. The normalized spacial score (nSPS) is 15.3. The van der Waals surface area contributed by atoms with Crippen molar-refractivity contribution in [3.8, 4) is 0 Å². The van der Waals surface area contributed by atoms with Crippen molar-refractivity contribution in [3.63, 3.8) is 0 Å². The zero-order chi connectivity index (χ0) is 15.9. The van der Waals surface area contributed by atoms with Gasteiger partial charge in [-0.3, -0.25) is 9.78 Å². The van der Waals surface area contributed by atoms with Crippen LogP contribution in [0.1, 0.15) is 19.8 Å². The van der Waals surface area contributed by atoms with Gasteiger partial charge in [0, 0.05) is 24.1 Å². The van der Waals surface area contributed by atoms with Crippen LogP contribution in [0.25, 0.3) is 10.8 Å². The van der Waals surface area contributed by atoms with Crippen molar-refractivity contribution in [1.29, 1.82) is 0 Å². The van der Waals surface area contributed by atoms with Gasteiger partial charge in [-0.05, 0) is 37.3 Å². The summed E-state index contributed by atoms with van der Waals surface area (Å²) >= 11 is 0. The van der Waals surface area contributed by atoms with Gasteiger partial charge in [0.05, 0.1) is 11.6 Å². The Kier molecular flexibility index (Phi) is 3.00. The van der Waals surface area contributed by atoms with Gasteiger partial charge in [-0.2, -0.15) is 0 Å². The minimum atomic E-state index is -0.146. The van der Waals surface area contributed by atoms with Gasteiger partial charge in [-0.25, -0.2) is 9.97 Å². The lowest BCUT2D eigenvalue weighted by Gasteiger charge is -2.15. The maximum absolute atomic E-state index is 12.2. The quantitative estimate of drug-likeness (QED) is 0.685. The molecule has 0 unspecified atom stereocenters. The van der Waals surface area contributed by atoms with Crippen molar-refractivity contribution in [2.75, 3.05) is 10.6 Å². The van der Waals surface area contributed by atoms with Crippen LogP contribution in [0.5, 0.6) is 0 Å². The van der Waals surface area contributed by atoms with Gasteiger partial charge >= 0.3 is 0 Å².